The van der Waals surface area contributed by atoms with Gasteiger partial charge < -0.3 is 9.67 Å². The number of hydrogen-bond acceptors (Lipinski definition) is 1. The molecule has 0 spiro atoms. The van der Waals surface area contributed by atoms with Crippen LogP contribution < -0.4 is 0 Å². The molecular weight excluding hydrogens is 367 g/mol. The summed E-state index contributed by atoms with van der Waals surface area (Å²) in [7, 11) is 0. The summed E-state index contributed by atoms with van der Waals surface area (Å²) in [6.07, 6.45) is -2.71. The van der Waals surface area contributed by atoms with Crippen LogP contribution >= 0.6 is 0 Å². The topological polar surface area (TPSA) is 42.2 Å². The van der Waals surface area contributed by atoms with Gasteiger partial charge in [-0.05, 0) is 42.0 Å². The molecule has 1 N–H and O–H groups in total. The monoisotopic (exact) mass is 381 g/mol. The summed E-state index contributed by atoms with van der Waals surface area (Å²) in [4.78, 5) is 11.3. The van der Waals surface area contributed by atoms with E-state index in [0.29, 0.717) is 22.2 Å². The molecule has 0 saturated heterocycles. The lowest BCUT2D eigenvalue weighted by Crippen LogP contribution is -2.04. The number of aromatic carboxylic acids is 1. The van der Waals surface area contributed by atoms with Crippen LogP contribution in [-0.4, -0.2) is 15.6 Å². The second kappa shape index (κ2) is 6.56. The molecule has 4 aromatic rings. The third kappa shape index (κ3) is 3.13. The first-order valence-corrected chi connectivity index (χ1v) is 8.46. The van der Waals surface area contributed by atoms with Gasteiger partial charge in [-0.15, -0.1) is 0 Å². The van der Waals surface area contributed by atoms with Gasteiger partial charge in [0.05, 0.1) is 16.6 Å². The van der Waals surface area contributed by atoms with Crippen LogP contribution in [0.25, 0.3) is 27.7 Å². The zero-order chi connectivity index (χ0) is 19.9. The van der Waals surface area contributed by atoms with Gasteiger partial charge in [0.1, 0.15) is 0 Å². The summed E-state index contributed by atoms with van der Waals surface area (Å²) in [6.45, 7) is 0. The van der Waals surface area contributed by atoms with E-state index in [1.54, 1.807) is 22.9 Å². The van der Waals surface area contributed by atoms with Gasteiger partial charge in [-0.3, -0.25) is 0 Å². The molecule has 4 rings (SSSR count). The van der Waals surface area contributed by atoms with Gasteiger partial charge in [0.25, 0.3) is 0 Å². The fourth-order valence-corrected chi connectivity index (χ4v) is 3.26. The van der Waals surface area contributed by atoms with E-state index >= 15 is 0 Å². The number of rotatable bonds is 3. The Kier molecular flexibility index (Phi) is 4.19. The molecule has 0 fully saturated rings. The Bertz CT molecular complexity index is 1180. The molecule has 0 saturated carbocycles. The maximum atomic E-state index is 13.2. The highest BCUT2D eigenvalue weighted by Crippen LogP contribution is 2.37. The van der Waals surface area contributed by atoms with Gasteiger partial charge in [0, 0.05) is 22.8 Å². The molecule has 0 unspecified atom stereocenters. The van der Waals surface area contributed by atoms with Gasteiger partial charge in [-0.1, -0.05) is 36.4 Å². The van der Waals surface area contributed by atoms with Crippen LogP contribution in [0.2, 0.25) is 0 Å². The maximum absolute atomic E-state index is 13.2. The molecular formula is C22H14F3NO2. The average Bonchev–Trinajstić information content (AvgIpc) is 3.07. The summed E-state index contributed by atoms with van der Waals surface area (Å²) in [5, 5.41) is 9.69. The molecule has 0 atom stereocenters. The maximum Gasteiger partial charge on any atom is 0.416 e. The van der Waals surface area contributed by atoms with Gasteiger partial charge in [-0.2, -0.15) is 13.2 Å². The van der Waals surface area contributed by atoms with Gasteiger partial charge >= 0.3 is 12.1 Å². The van der Waals surface area contributed by atoms with Crippen LogP contribution in [0.15, 0.2) is 79.0 Å². The van der Waals surface area contributed by atoms with Gasteiger partial charge in [0.15, 0.2) is 0 Å². The van der Waals surface area contributed by atoms with Crippen LogP contribution in [0.3, 0.4) is 0 Å². The quantitative estimate of drug-likeness (QED) is 0.472. The van der Waals surface area contributed by atoms with Crippen molar-refractivity contribution >= 4 is 16.9 Å². The SMILES string of the molecule is O=C(O)c1cccc(-n2cc(-c3ccccc3)c3cc(C(F)(F)F)ccc32)c1. The third-order valence-corrected chi connectivity index (χ3v) is 4.59. The molecule has 0 amide bonds. The lowest BCUT2D eigenvalue weighted by Gasteiger charge is -2.09. The van der Waals surface area contributed by atoms with Crippen LogP contribution in [-0.2, 0) is 6.18 Å². The second-order valence-corrected chi connectivity index (χ2v) is 6.36. The number of alkyl halides is 3. The van der Waals surface area contributed by atoms with Crippen LogP contribution in [0.1, 0.15) is 15.9 Å². The van der Waals surface area contributed by atoms with Crippen molar-refractivity contribution in [1.82, 2.24) is 4.57 Å². The van der Waals surface area contributed by atoms with Crippen molar-refractivity contribution in [3.05, 3.63) is 90.1 Å². The molecule has 3 nitrogen and oxygen atoms in total. The predicted molar refractivity (Wildman–Crippen MR) is 101 cm³/mol. The Labute approximate surface area is 158 Å². The summed E-state index contributed by atoms with van der Waals surface area (Å²) >= 11 is 0. The first-order valence-electron chi connectivity index (χ1n) is 8.46. The molecule has 0 radical (unpaired) electrons. The smallest absolute Gasteiger partial charge is 0.416 e. The van der Waals surface area contributed by atoms with Crippen molar-refractivity contribution in [2.75, 3.05) is 0 Å². The highest BCUT2D eigenvalue weighted by atomic mass is 19.4. The number of carboxylic acid groups (broad SMARTS) is 1. The van der Waals surface area contributed by atoms with E-state index in [-0.39, 0.29) is 5.56 Å². The Hall–Kier alpha value is -3.54. The fourth-order valence-electron chi connectivity index (χ4n) is 3.26. The number of carbonyl (C=O) groups is 1. The molecule has 28 heavy (non-hydrogen) atoms. The van der Waals surface area contributed by atoms with Crippen molar-refractivity contribution < 1.29 is 23.1 Å². The molecule has 0 bridgehead atoms. The largest absolute Gasteiger partial charge is 0.478 e. The number of nitrogens with zero attached hydrogens (tertiary/aromatic N) is 1. The number of carboxylic acids is 1. The Morgan fingerprint density at radius 2 is 1.64 bits per heavy atom. The zero-order valence-electron chi connectivity index (χ0n) is 14.4. The fraction of sp³-hybridized carbons (Fsp3) is 0.0455. The van der Waals surface area contributed by atoms with Crippen molar-refractivity contribution in [3.63, 3.8) is 0 Å². The predicted octanol–water partition coefficient (Wildman–Crippen LogP) is 6.01. The summed E-state index contributed by atoms with van der Waals surface area (Å²) in [5.74, 6) is -1.07. The lowest BCUT2D eigenvalue weighted by atomic mass is 10.0. The van der Waals surface area contributed by atoms with E-state index in [1.165, 1.54) is 18.2 Å². The molecule has 0 aliphatic rings. The van der Waals surface area contributed by atoms with E-state index in [1.807, 2.05) is 30.3 Å². The van der Waals surface area contributed by atoms with E-state index in [0.717, 1.165) is 17.7 Å². The minimum atomic E-state index is -4.45. The first-order chi connectivity index (χ1) is 13.3. The molecule has 6 heteroatoms. The Balaban J connectivity index is 2.00. The third-order valence-electron chi connectivity index (χ3n) is 4.59. The summed E-state index contributed by atoms with van der Waals surface area (Å²) in [5.41, 5.74) is 1.92. The molecule has 0 aliphatic heterocycles. The molecule has 140 valence electrons. The molecule has 0 aliphatic carbocycles. The van der Waals surface area contributed by atoms with Crippen LogP contribution in [0.5, 0.6) is 0 Å². The number of halogens is 3. The van der Waals surface area contributed by atoms with E-state index < -0.39 is 17.7 Å². The van der Waals surface area contributed by atoms with Crippen LogP contribution in [0, 0.1) is 0 Å². The van der Waals surface area contributed by atoms with Crippen molar-refractivity contribution in [1.29, 1.82) is 0 Å². The molecule has 1 aromatic heterocycles. The van der Waals surface area contributed by atoms with Crippen molar-refractivity contribution in [2.45, 2.75) is 6.18 Å². The highest BCUT2D eigenvalue weighted by Gasteiger charge is 2.31. The normalized spacial score (nSPS) is 11.7. The van der Waals surface area contributed by atoms with E-state index in [4.69, 9.17) is 0 Å². The number of fused-ring (bicyclic) bond motifs is 1. The summed E-state index contributed by atoms with van der Waals surface area (Å²) < 4.78 is 41.5. The minimum absolute atomic E-state index is 0.104. The summed E-state index contributed by atoms with van der Waals surface area (Å²) in [6, 6.07) is 19.0. The number of hydrogen-bond donors (Lipinski definition) is 1. The van der Waals surface area contributed by atoms with Gasteiger partial charge in [-0.25, -0.2) is 4.79 Å². The van der Waals surface area contributed by atoms with E-state index in [9.17, 15) is 23.1 Å². The van der Waals surface area contributed by atoms with Crippen molar-refractivity contribution in [3.8, 4) is 16.8 Å². The average molecular weight is 381 g/mol. The molecule has 3 aromatic carbocycles. The Morgan fingerprint density at radius 1 is 0.893 bits per heavy atom. The van der Waals surface area contributed by atoms with Crippen LogP contribution in [0.4, 0.5) is 13.2 Å². The Morgan fingerprint density at radius 3 is 2.32 bits per heavy atom. The standard InChI is InChI=1S/C22H14F3NO2/c23-22(24,25)16-9-10-20-18(12-16)19(14-5-2-1-3-6-14)13-26(20)17-8-4-7-15(11-17)21(27)28/h1-13H,(H,27,28). The molecule has 1 heterocycles. The minimum Gasteiger partial charge on any atom is -0.478 e. The highest BCUT2D eigenvalue weighted by molar-refractivity contribution is 5.98. The first kappa shape index (κ1) is 17.9. The number of aromatic nitrogens is 1. The number of benzene rings is 3. The lowest BCUT2D eigenvalue weighted by molar-refractivity contribution is -0.137. The second-order valence-electron chi connectivity index (χ2n) is 6.36. The zero-order valence-corrected chi connectivity index (χ0v) is 14.4. The van der Waals surface area contributed by atoms with Gasteiger partial charge in [0.2, 0.25) is 0 Å². The van der Waals surface area contributed by atoms with E-state index in [2.05, 4.69) is 0 Å². The van der Waals surface area contributed by atoms with Crippen molar-refractivity contribution in [2.24, 2.45) is 0 Å².